The minimum absolute atomic E-state index is 0.823. The van der Waals surface area contributed by atoms with Crippen LogP contribution in [0, 0.1) is 17.8 Å². The van der Waals surface area contributed by atoms with Gasteiger partial charge in [0, 0.05) is 17.8 Å². The second-order valence-electron chi connectivity index (χ2n) is 5.48. The van der Waals surface area contributed by atoms with Crippen molar-refractivity contribution in [1.29, 1.82) is 0 Å². The molecule has 0 radical (unpaired) electrons. The Morgan fingerprint density at radius 2 is 2.07 bits per heavy atom. The fraction of sp³-hybridized carbons (Fsp3) is 1.00. The largest absolute Gasteiger partial charge is 0.310 e. The van der Waals surface area contributed by atoms with E-state index in [0.717, 1.165) is 29.8 Å². The standard InChI is InChI=1S/C12H21NS/c1-8-6-14-7-12(8)13-11-4-2-3-9-5-10(9)11/h8-13H,2-7H2,1H3. The summed E-state index contributed by atoms with van der Waals surface area (Å²) in [7, 11) is 0. The summed E-state index contributed by atoms with van der Waals surface area (Å²) in [6.45, 7) is 2.41. The van der Waals surface area contributed by atoms with E-state index in [1.807, 2.05) is 0 Å². The molecule has 0 aromatic rings. The van der Waals surface area contributed by atoms with E-state index >= 15 is 0 Å². The molecule has 1 aliphatic heterocycles. The first-order valence-corrected chi connectivity index (χ1v) is 7.34. The summed E-state index contributed by atoms with van der Waals surface area (Å²) in [5, 5.41) is 3.94. The Bertz CT molecular complexity index is 218. The third kappa shape index (κ3) is 1.71. The smallest absolute Gasteiger partial charge is 0.0194 e. The molecule has 3 fully saturated rings. The van der Waals surface area contributed by atoms with Crippen LogP contribution in [0.4, 0.5) is 0 Å². The molecule has 80 valence electrons. The minimum atomic E-state index is 0.823. The Morgan fingerprint density at radius 1 is 1.14 bits per heavy atom. The van der Waals surface area contributed by atoms with Crippen LogP contribution in [-0.4, -0.2) is 23.6 Å². The van der Waals surface area contributed by atoms with E-state index in [4.69, 9.17) is 0 Å². The van der Waals surface area contributed by atoms with E-state index in [-0.39, 0.29) is 0 Å². The van der Waals surface area contributed by atoms with Gasteiger partial charge in [-0.1, -0.05) is 19.8 Å². The van der Waals surface area contributed by atoms with Gasteiger partial charge in [0.05, 0.1) is 0 Å². The lowest BCUT2D eigenvalue weighted by Gasteiger charge is -2.28. The lowest BCUT2D eigenvalue weighted by atomic mass is 9.93. The number of fused-ring (bicyclic) bond motifs is 1. The van der Waals surface area contributed by atoms with Crippen molar-refractivity contribution in [3.05, 3.63) is 0 Å². The number of rotatable bonds is 2. The molecule has 1 nitrogen and oxygen atoms in total. The van der Waals surface area contributed by atoms with Crippen LogP contribution >= 0.6 is 11.8 Å². The minimum Gasteiger partial charge on any atom is -0.310 e. The normalized spacial score (nSPS) is 51.6. The van der Waals surface area contributed by atoms with Crippen LogP contribution in [0.15, 0.2) is 0 Å². The Balaban J connectivity index is 1.56. The molecule has 2 heteroatoms. The quantitative estimate of drug-likeness (QED) is 0.753. The number of nitrogens with one attached hydrogen (secondary N) is 1. The summed E-state index contributed by atoms with van der Waals surface area (Å²) < 4.78 is 0. The van der Waals surface area contributed by atoms with Gasteiger partial charge < -0.3 is 5.32 Å². The van der Waals surface area contributed by atoms with Crippen molar-refractivity contribution in [2.45, 2.75) is 44.7 Å². The molecule has 14 heavy (non-hydrogen) atoms. The summed E-state index contributed by atoms with van der Waals surface area (Å²) in [6, 6.07) is 1.71. The maximum Gasteiger partial charge on any atom is 0.0194 e. The van der Waals surface area contributed by atoms with Crippen molar-refractivity contribution in [2.24, 2.45) is 17.8 Å². The summed E-state index contributed by atoms with van der Waals surface area (Å²) in [6.07, 6.45) is 5.99. The van der Waals surface area contributed by atoms with Crippen molar-refractivity contribution >= 4 is 11.8 Å². The van der Waals surface area contributed by atoms with Crippen LogP contribution < -0.4 is 5.32 Å². The van der Waals surface area contributed by atoms with Crippen molar-refractivity contribution in [3.8, 4) is 0 Å². The highest BCUT2D eigenvalue weighted by Gasteiger charge is 2.45. The first-order chi connectivity index (χ1) is 6.84. The van der Waals surface area contributed by atoms with Crippen molar-refractivity contribution < 1.29 is 0 Å². The number of thioether (sulfide) groups is 1. The molecule has 0 aromatic heterocycles. The Kier molecular flexibility index (Phi) is 2.53. The van der Waals surface area contributed by atoms with Crippen LogP contribution in [-0.2, 0) is 0 Å². The average molecular weight is 211 g/mol. The molecular formula is C12H21NS. The Labute approximate surface area is 91.4 Å². The molecule has 5 atom stereocenters. The summed E-state index contributed by atoms with van der Waals surface area (Å²) in [4.78, 5) is 0. The molecular weight excluding hydrogens is 190 g/mol. The van der Waals surface area contributed by atoms with Crippen molar-refractivity contribution in [1.82, 2.24) is 5.32 Å². The van der Waals surface area contributed by atoms with E-state index in [0.29, 0.717) is 0 Å². The van der Waals surface area contributed by atoms with E-state index < -0.39 is 0 Å². The number of hydrogen-bond acceptors (Lipinski definition) is 2. The molecule has 1 saturated heterocycles. The first kappa shape index (κ1) is 9.53. The summed E-state index contributed by atoms with van der Waals surface area (Å²) in [5.41, 5.74) is 0. The van der Waals surface area contributed by atoms with Gasteiger partial charge in [0.1, 0.15) is 0 Å². The van der Waals surface area contributed by atoms with Crippen LogP contribution in [0.1, 0.15) is 32.6 Å². The molecule has 3 aliphatic rings. The maximum absolute atomic E-state index is 3.94. The average Bonchev–Trinajstić information content (AvgIpc) is 2.87. The van der Waals surface area contributed by atoms with E-state index in [1.165, 1.54) is 37.2 Å². The zero-order chi connectivity index (χ0) is 9.54. The lowest BCUT2D eigenvalue weighted by Crippen LogP contribution is -2.44. The molecule has 0 aromatic carbocycles. The highest BCUT2D eigenvalue weighted by atomic mass is 32.2. The van der Waals surface area contributed by atoms with Gasteiger partial charge in [0.15, 0.2) is 0 Å². The van der Waals surface area contributed by atoms with Crippen molar-refractivity contribution in [2.75, 3.05) is 11.5 Å². The van der Waals surface area contributed by atoms with Gasteiger partial charge in [-0.05, 0) is 36.3 Å². The van der Waals surface area contributed by atoms with E-state index in [1.54, 1.807) is 0 Å². The lowest BCUT2D eigenvalue weighted by molar-refractivity contribution is 0.305. The van der Waals surface area contributed by atoms with E-state index in [2.05, 4.69) is 24.0 Å². The van der Waals surface area contributed by atoms with Crippen LogP contribution in [0.3, 0.4) is 0 Å². The molecule has 2 aliphatic carbocycles. The van der Waals surface area contributed by atoms with Gasteiger partial charge in [0.2, 0.25) is 0 Å². The number of hydrogen-bond donors (Lipinski definition) is 1. The molecule has 5 unspecified atom stereocenters. The summed E-state index contributed by atoms with van der Waals surface area (Å²) in [5.74, 6) is 5.82. The second-order valence-corrected chi connectivity index (χ2v) is 6.56. The molecule has 3 rings (SSSR count). The van der Waals surface area contributed by atoms with Gasteiger partial charge >= 0.3 is 0 Å². The van der Waals surface area contributed by atoms with Gasteiger partial charge in [0.25, 0.3) is 0 Å². The van der Waals surface area contributed by atoms with Gasteiger partial charge in [-0.2, -0.15) is 11.8 Å². The molecule has 0 bridgehead atoms. The fourth-order valence-electron chi connectivity index (χ4n) is 3.27. The van der Waals surface area contributed by atoms with Crippen LogP contribution in [0.2, 0.25) is 0 Å². The Morgan fingerprint density at radius 3 is 2.86 bits per heavy atom. The highest BCUT2D eigenvalue weighted by Crippen LogP contribution is 2.49. The van der Waals surface area contributed by atoms with Crippen LogP contribution in [0.5, 0.6) is 0 Å². The first-order valence-electron chi connectivity index (χ1n) is 6.18. The SMILES string of the molecule is CC1CSCC1NC1CCCC2CC21. The zero-order valence-electron chi connectivity index (χ0n) is 9.04. The van der Waals surface area contributed by atoms with Gasteiger partial charge in [-0.25, -0.2) is 0 Å². The topological polar surface area (TPSA) is 12.0 Å². The molecule has 0 spiro atoms. The summed E-state index contributed by atoms with van der Waals surface area (Å²) >= 11 is 2.13. The molecule has 1 N–H and O–H groups in total. The third-order valence-corrected chi connectivity index (χ3v) is 5.73. The van der Waals surface area contributed by atoms with Crippen LogP contribution in [0.25, 0.3) is 0 Å². The zero-order valence-corrected chi connectivity index (χ0v) is 9.85. The van der Waals surface area contributed by atoms with Gasteiger partial charge in [-0.15, -0.1) is 0 Å². The van der Waals surface area contributed by atoms with Gasteiger partial charge in [-0.3, -0.25) is 0 Å². The second kappa shape index (κ2) is 3.71. The van der Waals surface area contributed by atoms with Crippen molar-refractivity contribution in [3.63, 3.8) is 0 Å². The monoisotopic (exact) mass is 211 g/mol. The fourth-order valence-corrected chi connectivity index (χ4v) is 4.68. The third-order valence-electron chi connectivity index (χ3n) is 4.38. The maximum atomic E-state index is 3.94. The molecule has 2 saturated carbocycles. The van der Waals surface area contributed by atoms with E-state index in [9.17, 15) is 0 Å². The highest BCUT2D eigenvalue weighted by molar-refractivity contribution is 7.99. The Hall–Kier alpha value is 0.310. The predicted octanol–water partition coefficient (Wildman–Crippen LogP) is 2.52. The predicted molar refractivity (Wildman–Crippen MR) is 62.6 cm³/mol. The molecule has 0 amide bonds. The molecule has 1 heterocycles.